The van der Waals surface area contributed by atoms with Crippen LogP contribution in [-0.4, -0.2) is 42.3 Å². The molecule has 3 aromatic rings. The van der Waals surface area contributed by atoms with Gasteiger partial charge in [-0.1, -0.05) is 52.3 Å². The first-order chi connectivity index (χ1) is 16.0. The molecule has 7 heteroatoms. The van der Waals surface area contributed by atoms with Crippen molar-refractivity contribution in [2.75, 3.05) is 18.6 Å². The van der Waals surface area contributed by atoms with E-state index < -0.39 is 11.9 Å². The summed E-state index contributed by atoms with van der Waals surface area (Å²) < 4.78 is 6.11. The number of imide groups is 1. The SMILES string of the molecule is COc1cccc(C(=O)N(CCc2ccccc2)C2CC(=O)N(c3ccc(Br)cc3)C2=O)c1. The van der Waals surface area contributed by atoms with Gasteiger partial charge in [-0.05, 0) is 54.4 Å². The molecular weight excluding hydrogens is 484 g/mol. The number of amides is 3. The summed E-state index contributed by atoms with van der Waals surface area (Å²) in [5, 5.41) is 0. The Morgan fingerprint density at radius 1 is 1.03 bits per heavy atom. The summed E-state index contributed by atoms with van der Waals surface area (Å²) in [7, 11) is 1.53. The molecule has 168 valence electrons. The lowest BCUT2D eigenvalue weighted by Gasteiger charge is -2.28. The second-order valence-electron chi connectivity index (χ2n) is 7.73. The Balaban J connectivity index is 1.64. The van der Waals surface area contributed by atoms with Crippen LogP contribution >= 0.6 is 15.9 Å². The van der Waals surface area contributed by atoms with E-state index in [1.54, 1.807) is 48.5 Å². The highest BCUT2D eigenvalue weighted by Gasteiger charge is 2.44. The fourth-order valence-corrected chi connectivity index (χ4v) is 4.20. The van der Waals surface area contributed by atoms with Gasteiger partial charge < -0.3 is 9.64 Å². The van der Waals surface area contributed by atoms with Crippen molar-refractivity contribution in [1.82, 2.24) is 4.90 Å². The average Bonchev–Trinajstić information content (AvgIpc) is 3.14. The van der Waals surface area contributed by atoms with Gasteiger partial charge in [-0.3, -0.25) is 14.4 Å². The molecule has 1 unspecified atom stereocenters. The van der Waals surface area contributed by atoms with Crippen molar-refractivity contribution >= 4 is 39.3 Å². The molecule has 1 heterocycles. The zero-order chi connectivity index (χ0) is 23.4. The molecule has 1 atom stereocenters. The number of anilines is 1. The van der Waals surface area contributed by atoms with Crippen LogP contribution in [0.4, 0.5) is 5.69 Å². The maximum absolute atomic E-state index is 13.5. The van der Waals surface area contributed by atoms with Crippen LogP contribution in [-0.2, 0) is 16.0 Å². The van der Waals surface area contributed by atoms with Gasteiger partial charge in [0.1, 0.15) is 11.8 Å². The summed E-state index contributed by atoms with van der Waals surface area (Å²) in [6.07, 6.45) is 0.506. The molecule has 3 amide bonds. The molecule has 0 spiro atoms. The monoisotopic (exact) mass is 506 g/mol. The number of rotatable bonds is 7. The normalized spacial score (nSPS) is 15.6. The Morgan fingerprint density at radius 2 is 1.76 bits per heavy atom. The van der Waals surface area contributed by atoms with E-state index in [1.807, 2.05) is 30.3 Å². The highest BCUT2D eigenvalue weighted by molar-refractivity contribution is 9.10. The molecule has 0 aliphatic carbocycles. The third-order valence-electron chi connectivity index (χ3n) is 5.65. The minimum atomic E-state index is -0.872. The molecule has 3 aromatic carbocycles. The van der Waals surface area contributed by atoms with Gasteiger partial charge in [0.15, 0.2) is 0 Å². The first-order valence-electron chi connectivity index (χ1n) is 10.6. The number of ether oxygens (including phenoxy) is 1. The Kier molecular flexibility index (Phi) is 6.89. The van der Waals surface area contributed by atoms with E-state index in [4.69, 9.17) is 4.74 Å². The van der Waals surface area contributed by atoms with Crippen LogP contribution < -0.4 is 9.64 Å². The second-order valence-corrected chi connectivity index (χ2v) is 8.65. The fourth-order valence-electron chi connectivity index (χ4n) is 3.94. The number of methoxy groups -OCH3 is 1. The predicted molar refractivity (Wildman–Crippen MR) is 129 cm³/mol. The molecule has 1 fully saturated rings. The Morgan fingerprint density at radius 3 is 2.45 bits per heavy atom. The third-order valence-corrected chi connectivity index (χ3v) is 6.17. The van der Waals surface area contributed by atoms with E-state index in [-0.39, 0.29) is 18.2 Å². The topological polar surface area (TPSA) is 66.9 Å². The van der Waals surface area contributed by atoms with Crippen molar-refractivity contribution in [1.29, 1.82) is 0 Å². The third kappa shape index (κ3) is 4.98. The smallest absolute Gasteiger partial charge is 0.257 e. The van der Waals surface area contributed by atoms with Crippen LogP contribution in [0, 0.1) is 0 Å². The number of nitrogens with zero attached hydrogens (tertiary/aromatic N) is 2. The second kappa shape index (κ2) is 10.0. The Bertz CT molecular complexity index is 1160. The van der Waals surface area contributed by atoms with Gasteiger partial charge in [-0.25, -0.2) is 4.90 Å². The van der Waals surface area contributed by atoms with E-state index in [0.29, 0.717) is 30.0 Å². The number of hydrogen-bond acceptors (Lipinski definition) is 4. The molecule has 0 saturated carbocycles. The molecule has 1 aliphatic heterocycles. The molecule has 1 saturated heterocycles. The molecule has 0 aromatic heterocycles. The quantitative estimate of drug-likeness (QED) is 0.443. The van der Waals surface area contributed by atoms with Crippen LogP contribution in [0.15, 0.2) is 83.3 Å². The Hall–Kier alpha value is -3.45. The number of carbonyl (C=O) groups is 3. The highest BCUT2D eigenvalue weighted by atomic mass is 79.9. The maximum atomic E-state index is 13.5. The van der Waals surface area contributed by atoms with Crippen LogP contribution in [0.2, 0.25) is 0 Å². The van der Waals surface area contributed by atoms with E-state index in [2.05, 4.69) is 15.9 Å². The zero-order valence-electron chi connectivity index (χ0n) is 18.1. The van der Waals surface area contributed by atoms with Crippen molar-refractivity contribution in [3.63, 3.8) is 0 Å². The van der Waals surface area contributed by atoms with Crippen LogP contribution in [0.1, 0.15) is 22.3 Å². The molecule has 0 radical (unpaired) electrons. The molecule has 0 bridgehead atoms. The van der Waals surface area contributed by atoms with E-state index >= 15 is 0 Å². The van der Waals surface area contributed by atoms with Gasteiger partial charge in [0.2, 0.25) is 5.91 Å². The summed E-state index contributed by atoms with van der Waals surface area (Å²) in [5.74, 6) is -0.482. The summed E-state index contributed by atoms with van der Waals surface area (Å²) in [4.78, 5) is 42.5. The minimum absolute atomic E-state index is 0.0562. The summed E-state index contributed by atoms with van der Waals surface area (Å²) in [6, 6.07) is 22.7. The fraction of sp³-hybridized carbons (Fsp3) is 0.192. The average molecular weight is 507 g/mol. The molecule has 6 nitrogen and oxygen atoms in total. The number of hydrogen-bond donors (Lipinski definition) is 0. The number of halogens is 1. The highest BCUT2D eigenvalue weighted by Crippen LogP contribution is 2.28. The molecule has 4 rings (SSSR count). The minimum Gasteiger partial charge on any atom is -0.497 e. The molecule has 0 N–H and O–H groups in total. The van der Waals surface area contributed by atoms with Crippen LogP contribution in [0.3, 0.4) is 0 Å². The van der Waals surface area contributed by atoms with Gasteiger partial charge in [0, 0.05) is 16.6 Å². The first kappa shape index (κ1) is 22.7. The van der Waals surface area contributed by atoms with Crippen molar-refractivity contribution < 1.29 is 19.1 Å². The molecule has 33 heavy (non-hydrogen) atoms. The predicted octanol–water partition coefficient (Wildman–Crippen LogP) is 4.47. The molecular formula is C26H23BrN2O4. The summed E-state index contributed by atoms with van der Waals surface area (Å²) in [5.41, 5.74) is 1.94. The lowest BCUT2D eigenvalue weighted by molar-refractivity contribution is -0.122. The lowest BCUT2D eigenvalue weighted by atomic mass is 10.1. The Labute approximate surface area is 200 Å². The van der Waals surface area contributed by atoms with Gasteiger partial charge in [0.05, 0.1) is 19.2 Å². The van der Waals surface area contributed by atoms with E-state index in [1.165, 1.54) is 16.9 Å². The maximum Gasteiger partial charge on any atom is 0.257 e. The van der Waals surface area contributed by atoms with Crippen molar-refractivity contribution in [3.05, 3.63) is 94.5 Å². The van der Waals surface area contributed by atoms with Crippen LogP contribution in [0.25, 0.3) is 0 Å². The number of benzene rings is 3. The standard InChI is InChI=1S/C26H23BrN2O4/c1-33-22-9-5-8-19(16-22)25(31)28(15-14-18-6-3-2-4-7-18)23-17-24(30)29(26(23)32)21-12-10-20(27)11-13-21/h2-13,16,23H,14-15,17H2,1H3. The van der Waals surface area contributed by atoms with Gasteiger partial charge in [-0.15, -0.1) is 0 Å². The zero-order valence-corrected chi connectivity index (χ0v) is 19.7. The molecule has 1 aliphatic rings. The van der Waals surface area contributed by atoms with Crippen molar-refractivity contribution in [2.24, 2.45) is 0 Å². The van der Waals surface area contributed by atoms with Gasteiger partial charge >= 0.3 is 0 Å². The van der Waals surface area contributed by atoms with E-state index in [9.17, 15) is 14.4 Å². The van der Waals surface area contributed by atoms with Crippen molar-refractivity contribution in [2.45, 2.75) is 18.9 Å². The lowest BCUT2D eigenvalue weighted by Crippen LogP contribution is -2.46. The van der Waals surface area contributed by atoms with E-state index in [0.717, 1.165) is 10.0 Å². The largest absolute Gasteiger partial charge is 0.497 e. The van der Waals surface area contributed by atoms with Gasteiger partial charge in [-0.2, -0.15) is 0 Å². The summed E-state index contributed by atoms with van der Waals surface area (Å²) in [6.45, 7) is 0.303. The van der Waals surface area contributed by atoms with Crippen molar-refractivity contribution in [3.8, 4) is 5.75 Å². The first-order valence-corrected chi connectivity index (χ1v) is 11.4. The van der Waals surface area contributed by atoms with Gasteiger partial charge in [0.25, 0.3) is 11.8 Å². The summed E-state index contributed by atoms with van der Waals surface area (Å²) >= 11 is 3.37. The van der Waals surface area contributed by atoms with Crippen LogP contribution in [0.5, 0.6) is 5.75 Å². The number of carbonyl (C=O) groups excluding carboxylic acids is 3.